The topological polar surface area (TPSA) is 54.5 Å². The fourth-order valence-corrected chi connectivity index (χ4v) is 0.841. The van der Waals surface area contributed by atoms with Crippen molar-refractivity contribution in [1.82, 2.24) is 10.6 Å². The lowest BCUT2D eigenvalue weighted by Gasteiger charge is -2.18. The molecule has 0 aliphatic carbocycles. The zero-order chi connectivity index (χ0) is 7.40. The third-order valence-electron chi connectivity index (χ3n) is 1.38. The largest absolute Gasteiger partial charge is 0.468 e. The molecule has 1 fully saturated rings. The normalized spacial score (nSPS) is 25.9. The number of carbonyl (C=O) groups is 1. The maximum atomic E-state index is 10.8. The van der Waals surface area contributed by atoms with Gasteiger partial charge in [-0.05, 0) is 0 Å². The molecule has 1 rings (SSSR count). The first-order valence-electron chi connectivity index (χ1n) is 3.22. The molecular weight excluding hydrogens is 132 g/mol. The van der Waals surface area contributed by atoms with Gasteiger partial charge in [0.05, 0.1) is 7.11 Å². The Labute approximate surface area is 59.9 Å². The van der Waals surface area contributed by atoms with E-state index in [0.29, 0.717) is 13.1 Å². The molecule has 0 spiro atoms. The third-order valence-corrected chi connectivity index (χ3v) is 1.38. The van der Waals surface area contributed by atoms with E-state index in [9.17, 15) is 4.79 Å². The quantitative estimate of drug-likeness (QED) is 0.429. The van der Waals surface area contributed by atoms with E-state index in [1.54, 1.807) is 0 Å². The molecule has 10 heavy (non-hydrogen) atoms. The van der Waals surface area contributed by atoms with Crippen LogP contribution in [0.2, 0.25) is 0 Å². The summed E-state index contributed by atoms with van der Waals surface area (Å²) in [6.07, 6.45) is 0. The van der Waals surface area contributed by atoms with E-state index in [1.165, 1.54) is 7.11 Å². The molecule has 1 aliphatic rings. The molecule has 0 saturated carbocycles. The number of carbonyl (C=O) groups excluding carboxylic acids is 1. The number of hydrogen-bond acceptors (Lipinski definition) is 2. The van der Waals surface area contributed by atoms with Crippen LogP contribution in [0.5, 0.6) is 0 Å². The monoisotopic (exact) mass is 142 g/mol. The molecular formula is C6H10N2O2. The predicted molar refractivity (Wildman–Crippen MR) is 34.7 cm³/mol. The molecule has 0 bridgehead atoms. The second kappa shape index (κ2) is 3.53. The maximum Gasteiger partial charge on any atom is 0.325 e. The van der Waals surface area contributed by atoms with Crippen molar-refractivity contribution >= 4 is 5.97 Å². The minimum absolute atomic E-state index is 0.275. The van der Waals surface area contributed by atoms with Crippen molar-refractivity contribution < 1.29 is 9.53 Å². The van der Waals surface area contributed by atoms with Crippen LogP contribution in [0.1, 0.15) is 0 Å². The molecule has 4 heteroatoms. The van der Waals surface area contributed by atoms with Crippen molar-refractivity contribution in [1.29, 1.82) is 0 Å². The summed E-state index contributed by atoms with van der Waals surface area (Å²) >= 11 is 0. The Bertz CT molecular complexity index is 121. The molecule has 1 unspecified atom stereocenters. The van der Waals surface area contributed by atoms with Gasteiger partial charge in [-0.15, -0.1) is 0 Å². The van der Waals surface area contributed by atoms with Crippen LogP contribution in [0.15, 0.2) is 0 Å². The zero-order valence-corrected chi connectivity index (χ0v) is 5.91. The highest BCUT2D eigenvalue weighted by Crippen LogP contribution is 1.92. The van der Waals surface area contributed by atoms with Gasteiger partial charge >= 0.3 is 5.97 Å². The Balaban J connectivity index is 2.31. The van der Waals surface area contributed by atoms with Crippen molar-refractivity contribution in [3.8, 4) is 0 Å². The molecule has 0 N–H and O–H groups in total. The van der Waals surface area contributed by atoms with E-state index in [1.807, 2.05) is 0 Å². The number of nitrogens with zero attached hydrogens (tertiary/aromatic N) is 2. The Morgan fingerprint density at radius 1 is 1.60 bits per heavy atom. The summed E-state index contributed by atoms with van der Waals surface area (Å²) in [7, 11) is 1.37. The maximum absolute atomic E-state index is 10.8. The molecule has 0 amide bonds. The van der Waals surface area contributed by atoms with E-state index < -0.39 is 0 Å². The SMILES string of the molecule is COC(=O)C1C[N]CC[N]1. The van der Waals surface area contributed by atoms with Gasteiger partial charge in [0.15, 0.2) is 0 Å². The number of piperazine rings is 1. The Hall–Kier alpha value is -0.610. The molecule has 0 aromatic rings. The van der Waals surface area contributed by atoms with Crippen LogP contribution >= 0.6 is 0 Å². The van der Waals surface area contributed by atoms with Crippen LogP contribution < -0.4 is 10.6 Å². The highest BCUT2D eigenvalue weighted by molar-refractivity contribution is 5.75. The van der Waals surface area contributed by atoms with Crippen molar-refractivity contribution in [2.75, 3.05) is 26.7 Å². The van der Waals surface area contributed by atoms with Gasteiger partial charge in [0.1, 0.15) is 6.04 Å². The van der Waals surface area contributed by atoms with Gasteiger partial charge in [-0.1, -0.05) is 0 Å². The van der Waals surface area contributed by atoms with Gasteiger partial charge in [-0.3, -0.25) is 4.79 Å². The van der Waals surface area contributed by atoms with Gasteiger partial charge in [0.25, 0.3) is 0 Å². The minimum atomic E-state index is -0.334. The molecule has 0 aromatic carbocycles. The molecule has 4 nitrogen and oxygen atoms in total. The van der Waals surface area contributed by atoms with Gasteiger partial charge < -0.3 is 4.74 Å². The van der Waals surface area contributed by atoms with Gasteiger partial charge in [-0.25, -0.2) is 10.6 Å². The van der Waals surface area contributed by atoms with Gasteiger partial charge in [-0.2, -0.15) is 0 Å². The number of hydrogen-bond donors (Lipinski definition) is 0. The minimum Gasteiger partial charge on any atom is -0.468 e. The standard InChI is InChI=1S/C6H10N2O2/c1-10-6(9)5-4-7-2-3-8-5/h5H,2-4H2,1H3. The lowest BCUT2D eigenvalue weighted by atomic mass is 10.2. The van der Waals surface area contributed by atoms with Crippen molar-refractivity contribution in [2.45, 2.75) is 6.04 Å². The van der Waals surface area contributed by atoms with Crippen LogP contribution in [0, 0.1) is 0 Å². The van der Waals surface area contributed by atoms with Crippen molar-refractivity contribution in [3.05, 3.63) is 0 Å². The molecule has 0 aromatic heterocycles. The van der Waals surface area contributed by atoms with Crippen LogP contribution in [0.3, 0.4) is 0 Å². The summed E-state index contributed by atoms with van der Waals surface area (Å²) in [6.45, 7) is 1.89. The smallest absolute Gasteiger partial charge is 0.325 e. The van der Waals surface area contributed by atoms with Crippen LogP contribution in [-0.2, 0) is 9.53 Å². The van der Waals surface area contributed by atoms with Crippen molar-refractivity contribution in [2.24, 2.45) is 0 Å². The van der Waals surface area contributed by atoms with E-state index in [2.05, 4.69) is 15.4 Å². The van der Waals surface area contributed by atoms with Crippen LogP contribution in [-0.4, -0.2) is 38.8 Å². The summed E-state index contributed by atoms with van der Waals surface area (Å²) in [5.74, 6) is -0.275. The first kappa shape index (κ1) is 7.50. The second-order valence-corrected chi connectivity index (χ2v) is 2.07. The first-order chi connectivity index (χ1) is 4.84. The fraction of sp³-hybridized carbons (Fsp3) is 0.833. The summed E-state index contributed by atoms with van der Waals surface area (Å²) in [4.78, 5) is 10.8. The second-order valence-electron chi connectivity index (χ2n) is 2.07. The summed E-state index contributed by atoms with van der Waals surface area (Å²) < 4.78 is 4.50. The summed E-state index contributed by atoms with van der Waals surface area (Å²) in [5.41, 5.74) is 0. The van der Waals surface area contributed by atoms with E-state index in [0.717, 1.165) is 6.54 Å². The number of methoxy groups -OCH3 is 1. The molecule has 1 atom stereocenters. The van der Waals surface area contributed by atoms with Gasteiger partial charge in [0, 0.05) is 19.6 Å². The predicted octanol–water partition coefficient (Wildman–Crippen LogP) is -1.25. The Morgan fingerprint density at radius 3 is 2.90 bits per heavy atom. The third kappa shape index (κ3) is 1.68. The van der Waals surface area contributed by atoms with E-state index >= 15 is 0 Å². The van der Waals surface area contributed by atoms with Crippen LogP contribution in [0.25, 0.3) is 0 Å². The molecule has 1 saturated heterocycles. The molecule has 56 valence electrons. The van der Waals surface area contributed by atoms with E-state index in [-0.39, 0.29) is 12.0 Å². The summed E-state index contributed by atoms with van der Waals surface area (Å²) in [6, 6.07) is -0.334. The highest BCUT2D eigenvalue weighted by atomic mass is 16.5. The first-order valence-corrected chi connectivity index (χ1v) is 3.22. The lowest BCUT2D eigenvalue weighted by Crippen LogP contribution is -2.45. The lowest BCUT2D eigenvalue weighted by molar-refractivity contribution is -0.143. The van der Waals surface area contributed by atoms with Crippen LogP contribution in [0.4, 0.5) is 0 Å². The number of esters is 1. The average Bonchev–Trinajstić information content (AvgIpc) is 2.05. The van der Waals surface area contributed by atoms with E-state index in [4.69, 9.17) is 0 Å². The van der Waals surface area contributed by atoms with Crippen molar-refractivity contribution in [3.63, 3.8) is 0 Å². The van der Waals surface area contributed by atoms with Gasteiger partial charge in [0.2, 0.25) is 0 Å². The Kier molecular flexibility index (Phi) is 2.65. The number of rotatable bonds is 1. The molecule has 2 radical (unpaired) electrons. The average molecular weight is 142 g/mol. The molecule has 1 aliphatic heterocycles. The summed E-state index contributed by atoms with van der Waals surface area (Å²) in [5, 5.41) is 8.06. The number of ether oxygens (including phenoxy) is 1. The zero-order valence-electron chi connectivity index (χ0n) is 5.91. The fourth-order valence-electron chi connectivity index (χ4n) is 0.841. The highest BCUT2D eigenvalue weighted by Gasteiger charge is 2.22. The molecule has 1 heterocycles. The Morgan fingerprint density at radius 2 is 2.40 bits per heavy atom.